The summed E-state index contributed by atoms with van der Waals surface area (Å²) >= 11 is 0. The van der Waals surface area contributed by atoms with Gasteiger partial charge in [0.1, 0.15) is 11.2 Å². The summed E-state index contributed by atoms with van der Waals surface area (Å²) in [5.74, 6) is 0. The molecule has 1 aromatic heterocycles. The van der Waals surface area contributed by atoms with Crippen molar-refractivity contribution in [2.24, 2.45) is 0 Å². The van der Waals surface area contributed by atoms with Gasteiger partial charge < -0.3 is 4.42 Å². The maximum Gasteiger partial charge on any atom is 0.136 e. The summed E-state index contributed by atoms with van der Waals surface area (Å²) in [5, 5.41) is 14.9. The lowest BCUT2D eigenvalue weighted by molar-refractivity contribution is 0.669. The van der Waals surface area contributed by atoms with Gasteiger partial charge in [-0.1, -0.05) is 158 Å². The van der Waals surface area contributed by atoms with Crippen LogP contribution in [0.15, 0.2) is 186 Å². The fraction of sp³-hybridized carbons (Fsp3) is 0. The normalized spacial score (nSPS) is 11.9. The molecule has 0 saturated carbocycles. The molecule has 0 amide bonds. The van der Waals surface area contributed by atoms with Crippen LogP contribution in [-0.2, 0) is 0 Å². The molecule has 236 valence electrons. The minimum Gasteiger partial charge on any atom is -0.456 e. The molecular weight excluding hydrogens is 617 g/mol. The molecule has 0 spiro atoms. The van der Waals surface area contributed by atoms with Crippen LogP contribution in [0.5, 0.6) is 0 Å². The zero-order chi connectivity index (χ0) is 33.5. The predicted octanol–water partition coefficient (Wildman–Crippen LogP) is 14.4. The molecule has 0 fully saturated rings. The van der Waals surface area contributed by atoms with E-state index in [0.717, 1.165) is 16.6 Å². The number of fused-ring (bicyclic) bond motifs is 10. The van der Waals surface area contributed by atoms with Crippen molar-refractivity contribution in [3.05, 3.63) is 182 Å². The molecule has 11 aromatic rings. The van der Waals surface area contributed by atoms with Gasteiger partial charge in [-0.05, 0) is 112 Å². The molecule has 0 radical (unpaired) electrons. The Morgan fingerprint density at radius 2 is 0.824 bits per heavy atom. The first-order valence-electron chi connectivity index (χ1n) is 17.6. The van der Waals surface area contributed by atoms with Crippen LogP contribution >= 0.6 is 0 Å². The molecule has 0 aliphatic rings. The van der Waals surface area contributed by atoms with Gasteiger partial charge in [0.2, 0.25) is 0 Å². The van der Waals surface area contributed by atoms with Crippen molar-refractivity contribution in [1.29, 1.82) is 0 Å². The lowest BCUT2D eigenvalue weighted by atomic mass is 9.83. The van der Waals surface area contributed by atoms with Crippen LogP contribution in [0.25, 0.3) is 109 Å². The van der Waals surface area contributed by atoms with Gasteiger partial charge in [-0.25, -0.2) is 0 Å². The molecule has 11 rings (SSSR count). The van der Waals surface area contributed by atoms with Gasteiger partial charge in [0.15, 0.2) is 0 Å². The maximum absolute atomic E-state index is 6.47. The van der Waals surface area contributed by atoms with Crippen LogP contribution in [0.1, 0.15) is 0 Å². The zero-order valence-corrected chi connectivity index (χ0v) is 27.7. The van der Waals surface area contributed by atoms with E-state index in [2.05, 4.69) is 182 Å². The molecular formula is C50H30O. The molecule has 10 aromatic carbocycles. The maximum atomic E-state index is 6.47. The number of furan rings is 1. The van der Waals surface area contributed by atoms with E-state index in [4.69, 9.17) is 4.42 Å². The molecule has 1 heterocycles. The van der Waals surface area contributed by atoms with E-state index < -0.39 is 0 Å². The van der Waals surface area contributed by atoms with E-state index in [1.54, 1.807) is 0 Å². The average Bonchev–Trinajstić information content (AvgIpc) is 3.59. The van der Waals surface area contributed by atoms with E-state index in [1.165, 1.54) is 92.6 Å². The van der Waals surface area contributed by atoms with Crippen LogP contribution in [0.2, 0.25) is 0 Å². The standard InChI is InChI=1S/C50H30O/c1-4-18-36-31(13-1)27-28-46-49(36)50-37(25-12-26-45(50)51-46)32-15-11-16-34(29-32)47-40-21-7-9-23-42(40)48(43-24-10-8-22-41(43)47)44-30-33-14-2-3-17-35(33)38-19-5-6-20-39(38)44/h1-30H. The van der Waals surface area contributed by atoms with Gasteiger partial charge in [0.05, 0.1) is 0 Å². The highest BCUT2D eigenvalue weighted by atomic mass is 16.3. The molecule has 51 heavy (non-hydrogen) atoms. The first kappa shape index (κ1) is 28.2. The SMILES string of the molecule is c1cc(-c2c3ccccc3c(-c3cc4ccccc4c4ccccc34)c3ccccc23)cc(-c2cccc3oc4ccc5ccccc5c4c23)c1. The molecule has 0 aliphatic heterocycles. The molecule has 1 nitrogen and oxygen atoms in total. The monoisotopic (exact) mass is 646 g/mol. The number of rotatable bonds is 3. The Morgan fingerprint density at radius 1 is 0.275 bits per heavy atom. The van der Waals surface area contributed by atoms with E-state index in [1.807, 2.05) is 0 Å². The summed E-state index contributed by atoms with van der Waals surface area (Å²) < 4.78 is 6.47. The first-order valence-corrected chi connectivity index (χ1v) is 17.6. The lowest BCUT2D eigenvalue weighted by Gasteiger charge is -2.20. The molecule has 0 bridgehead atoms. The molecule has 0 saturated heterocycles. The van der Waals surface area contributed by atoms with Crippen LogP contribution in [0, 0.1) is 0 Å². The lowest BCUT2D eigenvalue weighted by Crippen LogP contribution is -1.92. The molecule has 0 N–H and O–H groups in total. The minimum absolute atomic E-state index is 0.909. The van der Waals surface area contributed by atoms with E-state index in [9.17, 15) is 0 Å². The summed E-state index contributed by atoms with van der Waals surface area (Å²) in [5.41, 5.74) is 9.18. The average molecular weight is 647 g/mol. The van der Waals surface area contributed by atoms with Crippen molar-refractivity contribution < 1.29 is 4.42 Å². The van der Waals surface area contributed by atoms with Gasteiger partial charge in [0, 0.05) is 10.8 Å². The summed E-state index contributed by atoms with van der Waals surface area (Å²) in [7, 11) is 0. The highest BCUT2D eigenvalue weighted by molar-refractivity contribution is 6.26. The number of hydrogen-bond donors (Lipinski definition) is 0. The highest BCUT2D eigenvalue weighted by Gasteiger charge is 2.20. The predicted molar refractivity (Wildman–Crippen MR) is 218 cm³/mol. The topological polar surface area (TPSA) is 13.1 Å². The first-order chi connectivity index (χ1) is 25.3. The summed E-state index contributed by atoms with van der Waals surface area (Å²) in [6.07, 6.45) is 0. The van der Waals surface area contributed by atoms with Gasteiger partial charge in [-0.15, -0.1) is 0 Å². The van der Waals surface area contributed by atoms with Crippen LogP contribution in [-0.4, -0.2) is 0 Å². The zero-order valence-electron chi connectivity index (χ0n) is 27.7. The Labute approximate surface area is 294 Å². The van der Waals surface area contributed by atoms with Crippen LogP contribution < -0.4 is 0 Å². The smallest absolute Gasteiger partial charge is 0.136 e. The van der Waals surface area contributed by atoms with Crippen LogP contribution in [0.3, 0.4) is 0 Å². The molecule has 0 unspecified atom stereocenters. The Bertz CT molecular complexity index is 3140. The minimum atomic E-state index is 0.909. The quantitative estimate of drug-likeness (QED) is 0.138. The molecule has 0 atom stereocenters. The Morgan fingerprint density at radius 3 is 1.57 bits per heavy atom. The molecule has 1 heteroatoms. The van der Waals surface area contributed by atoms with E-state index in [0.29, 0.717) is 0 Å². The van der Waals surface area contributed by atoms with Gasteiger partial charge in [0.25, 0.3) is 0 Å². The van der Waals surface area contributed by atoms with Gasteiger partial charge in [-0.2, -0.15) is 0 Å². The third-order valence-electron chi connectivity index (χ3n) is 10.8. The van der Waals surface area contributed by atoms with E-state index in [-0.39, 0.29) is 0 Å². The fourth-order valence-electron chi connectivity index (χ4n) is 8.66. The third kappa shape index (κ3) is 4.16. The van der Waals surface area contributed by atoms with Crippen molar-refractivity contribution in [3.8, 4) is 33.4 Å². The van der Waals surface area contributed by atoms with Crippen molar-refractivity contribution >= 4 is 75.8 Å². The van der Waals surface area contributed by atoms with Crippen molar-refractivity contribution in [1.82, 2.24) is 0 Å². The fourth-order valence-corrected chi connectivity index (χ4v) is 8.66. The largest absolute Gasteiger partial charge is 0.456 e. The second-order valence-electron chi connectivity index (χ2n) is 13.6. The van der Waals surface area contributed by atoms with Gasteiger partial charge >= 0.3 is 0 Å². The van der Waals surface area contributed by atoms with Crippen molar-refractivity contribution in [3.63, 3.8) is 0 Å². The Kier molecular flexibility index (Phi) is 6.02. The van der Waals surface area contributed by atoms with Crippen molar-refractivity contribution in [2.45, 2.75) is 0 Å². The Balaban J connectivity index is 1.20. The third-order valence-corrected chi connectivity index (χ3v) is 10.8. The van der Waals surface area contributed by atoms with Crippen LogP contribution in [0.4, 0.5) is 0 Å². The number of benzene rings is 10. The van der Waals surface area contributed by atoms with Gasteiger partial charge in [-0.3, -0.25) is 0 Å². The summed E-state index contributed by atoms with van der Waals surface area (Å²) in [4.78, 5) is 0. The summed E-state index contributed by atoms with van der Waals surface area (Å²) in [6, 6.07) is 66.3. The van der Waals surface area contributed by atoms with Crippen molar-refractivity contribution in [2.75, 3.05) is 0 Å². The Hall–Kier alpha value is -6.70. The molecule has 0 aliphatic carbocycles. The number of hydrogen-bond acceptors (Lipinski definition) is 1. The second-order valence-corrected chi connectivity index (χ2v) is 13.6. The van der Waals surface area contributed by atoms with E-state index >= 15 is 0 Å². The summed E-state index contributed by atoms with van der Waals surface area (Å²) in [6.45, 7) is 0. The highest BCUT2D eigenvalue weighted by Crippen LogP contribution is 2.47. The second kappa shape index (κ2) is 10.9.